The maximum absolute atomic E-state index is 11.6. The molecule has 0 fully saturated rings. The molecule has 5 nitrogen and oxygen atoms in total. The maximum atomic E-state index is 11.6. The number of nitrogens with one attached hydrogen (secondary N) is 1. The molecule has 0 aliphatic heterocycles. The summed E-state index contributed by atoms with van der Waals surface area (Å²) in [6.07, 6.45) is 1.16. The predicted molar refractivity (Wildman–Crippen MR) is 64.3 cm³/mol. The zero-order chi connectivity index (χ0) is 12.3. The fraction of sp³-hybridized carbons (Fsp3) is 0.500. The lowest BCUT2D eigenvalue weighted by molar-refractivity contribution is 0.587. The highest BCUT2D eigenvalue weighted by molar-refractivity contribution is 7.92. The largest absolute Gasteiger partial charge is 0.278 e. The number of halogens is 2. The van der Waals surface area contributed by atoms with E-state index in [-0.39, 0.29) is 27.7 Å². The topological polar surface area (TPSA) is 72.0 Å². The van der Waals surface area contributed by atoms with Gasteiger partial charge in [0, 0.05) is 0 Å². The van der Waals surface area contributed by atoms with Crippen molar-refractivity contribution in [2.75, 3.05) is 10.5 Å². The predicted octanol–water partition coefficient (Wildman–Crippen LogP) is 2.18. The van der Waals surface area contributed by atoms with Crippen molar-refractivity contribution in [2.24, 2.45) is 5.92 Å². The SMILES string of the molecule is CC(C)CS(=O)(=O)Nc1c(Cl)ncnc1Cl. The Morgan fingerprint density at radius 2 is 1.81 bits per heavy atom. The van der Waals surface area contributed by atoms with Gasteiger partial charge in [-0.3, -0.25) is 4.72 Å². The lowest BCUT2D eigenvalue weighted by atomic mass is 10.3. The first-order valence-electron chi connectivity index (χ1n) is 4.48. The van der Waals surface area contributed by atoms with E-state index in [0.717, 1.165) is 6.33 Å². The van der Waals surface area contributed by atoms with Gasteiger partial charge in [-0.05, 0) is 5.92 Å². The Morgan fingerprint density at radius 3 is 2.25 bits per heavy atom. The molecule has 16 heavy (non-hydrogen) atoms. The number of aromatic nitrogens is 2. The molecular weight excluding hydrogens is 273 g/mol. The Labute approximate surface area is 104 Å². The van der Waals surface area contributed by atoms with Crippen molar-refractivity contribution in [1.82, 2.24) is 9.97 Å². The third-order valence-electron chi connectivity index (χ3n) is 1.57. The molecule has 0 saturated carbocycles. The fourth-order valence-electron chi connectivity index (χ4n) is 1.06. The minimum absolute atomic E-state index is 0.000295. The van der Waals surface area contributed by atoms with Crippen LogP contribution in [-0.2, 0) is 10.0 Å². The molecule has 1 heterocycles. The summed E-state index contributed by atoms with van der Waals surface area (Å²) in [5.41, 5.74) is 0.0199. The van der Waals surface area contributed by atoms with Crippen LogP contribution in [0.2, 0.25) is 10.3 Å². The van der Waals surface area contributed by atoms with E-state index in [1.165, 1.54) is 0 Å². The van der Waals surface area contributed by atoms with Gasteiger partial charge < -0.3 is 0 Å². The summed E-state index contributed by atoms with van der Waals surface area (Å²) in [7, 11) is -3.48. The molecule has 0 bridgehead atoms. The Balaban J connectivity index is 2.97. The van der Waals surface area contributed by atoms with Gasteiger partial charge in [0.1, 0.15) is 12.0 Å². The first-order valence-corrected chi connectivity index (χ1v) is 6.89. The zero-order valence-corrected chi connectivity index (χ0v) is 11.1. The van der Waals surface area contributed by atoms with Crippen molar-refractivity contribution in [3.8, 4) is 0 Å². The molecule has 0 aromatic carbocycles. The second-order valence-electron chi connectivity index (χ2n) is 3.61. The standard InChI is InChI=1S/C8H11Cl2N3O2S/c1-5(2)3-16(14,15)13-6-7(9)11-4-12-8(6)10/h4-5,13H,3H2,1-2H3. The van der Waals surface area contributed by atoms with Crippen LogP contribution >= 0.6 is 23.2 Å². The van der Waals surface area contributed by atoms with Crippen LogP contribution in [0.4, 0.5) is 5.69 Å². The second kappa shape index (κ2) is 5.16. The molecule has 8 heteroatoms. The van der Waals surface area contributed by atoms with Gasteiger partial charge in [0.15, 0.2) is 10.3 Å². The highest BCUT2D eigenvalue weighted by Gasteiger charge is 2.17. The first-order chi connectivity index (χ1) is 7.32. The lowest BCUT2D eigenvalue weighted by Crippen LogP contribution is -2.20. The van der Waals surface area contributed by atoms with E-state index in [4.69, 9.17) is 23.2 Å². The molecule has 90 valence electrons. The van der Waals surface area contributed by atoms with Gasteiger partial charge in [-0.2, -0.15) is 0 Å². The average molecular weight is 284 g/mol. The molecule has 0 saturated heterocycles. The molecule has 0 atom stereocenters. The maximum Gasteiger partial charge on any atom is 0.233 e. The summed E-state index contributed by atoms with van der Waals surface area (Å²) in [5, 5.41) is -0.0420. The van der Waals surface area contributed by atoms with Crippen molar-refractivity contribution in [3.63, 3.8) is 0 Å². The first kappa shape index (κ1) is 13.5. The third kappa shape index (κ3) is 3.77. The average Bonchev–Trinajstić information content (AvgIpc) is 2.09. The van der Waals surface area contributed by atoms with Gasteiger partial charge in [-0.1, -0.05) is 37.0 Å². The van der Waals surface area contributed by atoms with Crippen molar-refractivity contribution >= 4 is 38.9 Å². The number of sulfonamides is 1. The van der Waals surface area contributed by atoms with Crippen molar-refractivity contribution in [1.29, 1.82) is 0 Å². The van der Waals surface area contributed by atoms with Gasteiger partial charge >= 0.3 is 0 Å². The molecular formula is C8H11Cl2N3O2S. The highest BCUT2D eigenvalue weighted by atomic mass is 35.5. The van der Waals surface area contributed by atoms with Crippen LogP contribution in [-0.4, -0.2) is 24.1 Å². The summed E-state index contributed by atoms with van der Waals surface area (Å²) in [6, 6.07) is 0. The van der Waals surface area contributed by atoms with E-state index in [1.807, 2.05) is 0 Å². The molecule has 0 unspecified atom stereocenters. The van der Waals surface area contributed by atoms with Gasteiger partial charge in [-0.25, -0.2) is 18.4 Å². The van der Waals surface area contributed by atoms with E-state index in [2.05, 4.69) is 14.7 Å². The Hall–Kier alpha value is -0.590. The summed E-state index contributed by atoms with van der Waals surface area (Å²) in [6.45, 7) is 3.59. The van der Waals surface area contributed by atoms with E-state index in [0.29, 0.717) is 0 Å². The van der Waals surface area contributed by atoms with Crippen LogP contribution in [0, 0.1) is 5.92 Å². The summed E-state index contributed by atoms with van der Waals surface area (Å²) < 4.78 is 25.5. The smallest absolute Gasteiger partial charge is 0.233 e. The Bertz CT molecular complexity index is 456. The van der Waals surface area contributed by atoms with Gasteiger partial charge in [0.05, 0.1) is 5.75 Å². The van der Waals surface area contributed by atoms with Gasteiger partial charge in [0.25, 0.3) is 0 Å². The van der Waals surface area contributed by atoms with Crippen molar-refractivity contribution < 1.29 is 8.42 Å². The van der Waals surface area contributed by atoms with Crippen LogP contribution < -0.4 is 4.72 Å². The molecule has 1 N–H and O–H groups in total. The van der Waals surface area contributed by atoms with Crippen LogP contribution in [0.5, 0.6) is 0 Å². The minimum atomic E-state index is -3.48. The highest BCUT2D eigenvalue weighted by Crippen LogP contribution is 2.26. The molecule has 1 rings (SSSR count). The van der Waals surface area contributed by atoms with Gasteiger partial charge in [0.2, 0.25) is 10.0 Å². The number of hydrogen-bond acceptors (Lipinski definition) is 4. The van der Waals surface area contributed by atoms with Crippen molar-refractivity contribution in [3.05, 3.63) is 16.6 Å². The molecule has 1 aromatic rings. The molecule has 1 aromatic heterocycles. The zero-order valence-electron chi connectivity index (χ0n) is 8.74. The van der Waals surface area contributed by atoms with E-state index in [1.54, 1.807) is 13.8 Å². The third-order valence-corrected chi connectivity index (χ3v) is 3.76. The van der Waals surface area contributed by atoms with Crippen LogP contribution in [0.25, 0.3) is 0 Å². The molecule has 0 radical (unpaired) electrons. The quantitative estimate of drug-likeness (QED) is 0.860. The number of nitrogens with zero attached hydrogens (tertiary/aromatic N) is 2. The van der Waals surface area contributed by atoms with Crippen molar-refractivity contribution in [2.45, 2.75) is 13.8 Å². The van der Waals surface area contributed by atoms with Gasteiger partial charge in [-0.15, -0.1) is 0 Å². The summed E-state index contributed by atoms with van der Waals surface area (Å²) in [4.78, 5) is 7.29. The number of anilines is 1. The summed E-state index contributed by atoms with van der Waals surface area (Å²) >= 11 is 11.4. The Kier molecular flexibility index (Phi) is 4.35. The monoisotopic (exact) mass is 283 g/mol. The molecule has 0 aliphatic carbocycles. The molecule has 0 aliphatic rings. The van der Waals surface area contributed by atoms with E-state index < -0.39 is 10.0 Å². The number of rotatable bonds is 4. The Morgan fingerprint density at radius 1 is 1.31 bits per heavy atom. The van der Waals surface area contributed by atoms with Crippen LogP contribution in [0.3, 0.4) is 0 Å². The summed E-state index contributed by atoms with van der Waals surface area (Å²) in [5.74, 6) is -0.0196. The van der Waals surface area contributed by atoms with Crippen LogP contribution in [0.15, 0.2) is 6.33 Å². The van der Waals surface area contributed by atoms with E-state index in [9.17, 15) is 8.42 Å². The normalized spacial score (nSPS) is 11.8. The lowest BCUT2D eigenvalue weighted by Gasteiger charge is -2.11. The minimum Gasteiger partial charge on any atom is -0.278 e. The number of hydrogen-bond donors (Lipinski definition) is 1. The molecule has 0 amide bonds. The fourth-order valence-corrected chi connectivity index (χ4v) is 3.05. The van der Waals surface area contributed by atoms with Crippen LogP contribution in [0.1, 0.15) is 13.8 Å². The molecule has 0 spiro atoms. The van der Waals surface area contributed by atoms with E-state index >= 15 is 0 Å². The second-order valence-corrected chi connectivity index (χ2v) is 6.09.